The van der Waals surface area contributed by atoms with Gasteiger partial charge in [0.2, 0.25) is 15.9 Å². The summed E-state index contributed by atoms with van der Waals surface area (Å²) in [6.45, 7) is 4.74. The van der Waals surface area contributed by atoms with Crippen LogP contribution >= 0.6 is 11.8 Å². The molecule has 176 valence electrons. The van der Waals surface area contributed by atoms with Gasteiger partial charge in [-0.1, -0.05) is 18.2 Å². The third-order valence-electron chi connectivity index (χ3n) is 6.25. The molecule has 1 aromatic heterocycles. The lowest BCUT2D eigenvalue weighted by atomic mass is 9.97. The van der Waals surface area contributed by atoms with E-state index in [0.717, 1.165) is 22.5 Å². The molecule has 3 aromatic rings. The monoisotopic (exact) mass is 487 g/mol. The molecule has 0 radical (unpaired) electrons. The molecule has 1 aliphatic rings. The molecule has 1 amide bonds. The number of piperidine rings is 1. The third kappa shape index (κ3) is 4.92. The first-order chi connectivity index (χ1) is 15.8. The normalized spacial score (nSPS) is 16.7. The van der Waals surface area contributed by atoms with Gasteiger partial charge < -0.3 is 5.32 Å². The van der Waals surface area contributed by atoms with Crippen LogP contribution in [0.3, 0.4) is 0 Å². The number of nitrogens with one attached hydrogen (secondary N) is 1. The Morgan fingerprint density at radius 1 is 1.21 bits per heavy atom. The van der Waals surface area contributed by atoms with E-state index in [1.807, 2.05) is 35.2 Å². The summed E-state index contributed by atoms with van der Waals surface area (Å²) in [5.74, 6) is -0.277. The van der Waals surface area contributed by atoms with E-state index in [-0.39, 0.29) is 22.8 Å². The quantitative estimate of drug-likeness (QED) is 0.503. The Labute approximate surface area is 198 Å². The fourth-order valence-corrected chi connectivity index (χ4v) is 5.98. The SMILES string of the molecule is CCC(C)n1nnc2cc(S(=O)(=O)N3CCC(C(=O)Nc4cccc(SC)c4)CC3)ccc21. The molecular weight excluding hydrogens is 458 g/mol. The van der Waals surface area contributed by atoms with Crippen LogP contribution in [0.1, 0.15) is 39.2 Å². The number of thioether (sulfide) groups is 1. The summed E-state index contributed by atoms with van der Waals surface area (Å²) in [6, 6.07) is 12.9. The first kappa shape index (κ1) is 23.7. The second-order valence-electron chi connectivity index (χ2n) is 8.34. The topological polar surface area (TPSA) is 97.2 Å². The number of sulfonamides is 1. The number of benzene rings is 2. The lowest BCUT2D eigenvalue weighted by Crippen LogP contribution is -2.41. The molecule has 8 nitrogen and oxygen atoms in total. The van der Waals surface area contributed by atoms with E-state index >= 15 is 0 Å². The zero-order valence-corrected chi connectivity index (χ0v) is 20.7. The number of carbonyl (C=O) groups is 1. The van der Waals surface area contributed by atoms with Crippen molar-refractivity contribution in [2.24, 2.45) is 5.92 Å². The smallest absolute Gasteiger partial charge is 0.243 e. The van der Waals surface area contributed by atoms with Crippen molar-refractivity contribution in [3.05, 3.63) is 42.5 Å². The van der Waals surface area contributed by atoms with Gasteiger partial charge in [-0.05, 0) is 68.8 Å². The molecule has 4 rings (SSSR count). The molecule has 1 atom stereocenters. The number of amides is 1. The largest absolute Gasteiger partial charge is 0.326 e. The van der Waals surface area contributed by atoms with Crippen molar-refractivity contribution >= 4 is 44.4 Å². The van der Waals surface area contributed by atoms with Gasteiger partial charge >= 0.3 is 0 Å². The van der Waals surface area contributed by atoms with Crippen molar-refractivity contribution in [3.63, 3.8) is 0 Å². The molecule has 1 unspecified atom stereocenters. The van der Waals surface area contributed by atoms with Crippen LogP contribution in [0.2, 0.25) is 0 Å². The third-order valence-corrected chi connectivity index (χ3v) is 8.87. The summed E-state index contributed by atoms with van der Waals surface area (Å²) in [5.41, 5.74) is 2.16. The van der Waals surface area contributed by atoms with Gasteiger partial charge in [0.05, 0.1) is 16.5 Å². The number of fused-ring (bicyclic) bond motifs is 1. The zero-order valence-electron chi connectivity index (χ0n) is 19.1. The molecule has 0 saturated carbocycles. The Morgan fingerprint density at radius 2 is 1.97 bits per heavy atom. The standard InChI is InChI=1S/C23H29N5O3S2/c1-4-16(2)28-22-9-8-20(15-21(22)25-26-28)33(30,31)27-12-10-17(11-13-27)23(29)24-18-6-5-7-19(14-18)32-3/h5-9,14-17H,4,10-13H2,1-3H3,(H,24,29). The van der Waals surface area contributed by atoms with Crippen molar-refractivity contribution in [2.45, 2.75) is 48.9 Å². The van der Waals surface area contributed by atoms with Crippen LogP contribution in [0.4, 0.5) is 5.69 Å². The Kier molecular flexibility index (Phi) is 7.06. The minimum atomic E-state index is -3.67. The highest BCUT2D eigenvalue weighted by atomic mass is 32.2. The lowest BCUT2D eigenvalue weighted by Gasteiger charge is -2.30. The maximum Gasteiger partial charge on any atom is 0.243 e. The second kappa shape index (κ2) is 9.82. The highest BCUT2D eigenvalue weighted by Gasteiger charge is 2.32. The van der Waals surface area contributed by atoms with E-state index in [2.05, 4.69) is 29.5 Å². The maximum atomic E-state index is 13.2. The van der Waals surface area contributed by atoms with Gasteiger partial charge in [-0.3, -0.25) is 4.79 Å². The molecule has 0 aliphatic carbocycles. The number of rotatable bonds is 7. The maximum absolute atomic E-state index is 13.2. The fourth-order valence-electron chi connectivity index (χ4n) is 4.03. The average molecular weight is 488 g/mol. The Balaban J connectivity index is 1.42. The molecule has 2 aromatic carbocycles. The number of anilines is 1. The number of aromatic nitrogens is 3. The predicted octanol–water partition coefficient (Wildman–Crippen LogP) is 4.16. The average Bonchev–Trinajstić information content (AvgIpc) is 3.27. The number of nitrogens with zero attached hydrogens (tertiary/aromatic N) is 4. The van der Waals surface area contributed by atoms with Crippen LogP contribution in [0.15, 0.2) is 52.3 Å². The zero-order chi connectivity index (χ0) is 23.6. The molecule has 1 saturated heterocycles. The van der Waals surface area contributed by atoms with E-state index < -0.39 is 10.0 Å². The van der Waals surface area contributed by atoms with Crippen molar-refractivity contribution in [1.82, 2.24) is 19.3 Å². The minimum absolute atomic E-state index is 0.0617. The van der Waals surface area contributed by atoms with Crippen LogP contribution in [0, 0.1) is 5.92 Å². The van der Waals surface area contributed by atoms with Gasteiger partial charge in [0.1, 0.15) is 5.52 Å². The number of hydrogen-bond donors (Lipinski definition) is 1. The van der Waals surface area contributed by atoms with E-state index in [1.54, 1.807) is 30.0 Å². The highest BCUT2D eigenvalue weighted by molar-refractivity contribution is 7.98. The summed E-state index contributed by atoms with van der Waals surface area (Å²) in [5, 5.41) is 11.3. The van der Waals surface area contributed by atoms with E-state index in [1.165, 1.54) is 4.31 Å². The summed E-state index contributed by atoms with van der Waals surface area (Å²) < 4.78 is 29.8. The highest BCUT2D eigenvalue weighted by Crippen LogP contribution is 2.28. The van der Waals surface area contributed by atoms with E-state index in [0.29, 0.717) is 31.4 Å². The molecule has 1 fully saturated rings. The molecule has 1 N–H and O–H groups in total. The predicted molar refractivity (Wildman–Crippen MR) is 131 cm³/mol. The Bertz CT molecular complexity index is 1250. The molecule has 1 aliphatic heterocycles. The fraction of sp³-hybridized carbons (Fsp3) is 0.435. The van der Waals surface area contributed by atoms with Gasteiger partial charge in [-0.25, -0.2) is 13.1 Å². The summed E-state index contributed by atoms with van der Waals surface area (Å²) in [6.07, 6.45) is 3.87. The van der Waals surface area contributed by atoms with E-state index in [4.69, 9.17) is 0 Å². The van der Waals surface area contributed by atoms with E-state index in [9.17, 15) is 13.2 Å². The lowest BCUT2D eigenvalue weighted by molar-refractivity contribution is -0.120. The van der Waals surface area contributed by atoms with Crippen molar-refractivity contribution in [3.8, 4) is 0 Å². The van der Waals surface area contributed by atoms with Crippen molar-refractivity contribution in [2.75, 3.05) is 24.7 Å². The van der Waals surface area contributed by atoms with Crippen molar-refractivity contribution < 1.29 is 13.2 Å². The number of carbonyl (C=O) groups excluding carboxylic acids is 1. The van der Waals surface area contributed by atoms with Gasteiger partial charge in [0, 0.05) is 29.6 Å². The minimum Gasteiger partial charge on any atom is -0.326 e. The van der Waals surface area contributed by atoms with Crippen LogP contribution < -0.4 is 5.32 Å². The summed E-state index contributed by atoms with van der Waals surface area (Å²) in [4.78, 5) is 14.0. The Morgan fingerprint density at radius 3 is 2.67 bits per heavy atom. The van der Waals surface area contributed by atoms with Crippen LogP contribution in [-0.4, -0.2) is 53.0 Å². The Hall–Kier alpha value is -2.43. The summed E-state index contributed by atoms with van der Waals surface area (Å²) >= 11 is 1.62. The van der Waals surface area contributed by atoms with Crippen LogP contribution in [-0.2, 0) is 14.8 Å². The molecule has 0 bridgehead atoms. The molecule has 0 spiro atoms. The number of hydrogen-bond acceptors (Lipinski definition) is 6. The van der Waals surface area contributed by atoms with Gasteiger partial charge in [-0.15, -0.1) is 16.9 Å². The molecule has 33 heavy (non-hydrogen) atoms. The molecule has 10 heteroatoms. The second-order valence-corrected chi connectivity index (χ2v) is 11.2. The van der Waals surface area contributed by atoms with Gasteiger partial charge in [0.25, 0.3) is 0 Å². The first-order valence-corrected chi connectivity index (χ1v) is 13.8. The van der Waals surface area contributed by atoms with Gasteiger partial charge in [-0.2, -0.15) is 4.31 Å². The van der Waals surface area contributed by atoms with Crippen LogP contribution in [0.5, 0.6) is 0 Å². The molecule has 2 heterocycles. The molecular formula is C23H29N5O3S2. The first-order valence-electron chi connectivity index (χ1n) is 11.1. The summed E-state index contributed by atoms with van der Waals surface area (Å²) in [7, 11) is -3.67. The van der Waals surface area contributed by atoms with Crippen molar-refractivity contribution in [1.29, 1.82) is 0 Å². The van der Waals surface area contributed by atoms with Crippen LogP contribution in [0.25, 0.3) is 11.0 Å². The van der Waals surface area contributed by atoms with Gasteiger partial charge in [0.15, 0.2) is 0 Å².